The first-order valence-electron chi connectivity index (χ1n) is 19.5. The van der Waals surface area contributed by atoms with Gasteiger partial charge in [0.1, 0.15) is 0 Å². The monoisotopic (exact) mass is 700 g/mol. The third kappa shape index (κ3) is 19.0. The Balaban J connectivity index is 3.31. The van der Waals surface area contributed by atoms with Crippen molar-refractivity contribution in [2.24, 2.45) is 0 Å². The summed E-state index contributed by atoms with van der Waals surface area (Å²) in [5.74, 6) is 0.157. The maximum absolute atomic E-state index is 13.5. The van der Waals surface area contributed by atoms with Crippen molar-refractivity contribution >= 4 is 10.1 Å². The molecule has 0 aliphatic heterocycles. The second-order valence-electron chi connectivity index (χ2n) is 14.0. The molecular formula is C39H72O5STi. The van der Waals surface area contributed by atoms with Crippen LogP contribution in [-0.2, 0) is 54.1 Å². The molecule has 1 rings (SSSR count). The third-order valence-corrected chi connectivity index (χ3v) is 12.5. The number of hydrogen-bond donors (Lipinski definition) is 1. The molecule has 46 heavy (non-hydrogen) atoms. The van der Waals surface area contributed by atoms with E-state index in [1.165, 1.54) is 133 Å². The minimum Gasteiger partial charge on any atom is -0.0654 e. The van der Waals surface area contributed by atoms with Gasteiger partial charge in [-0.05, 0) is 0 Å². The second kappa shape index (κ2) is 27.4. The van der Waals surface area contributed by atoms with Crippen molar-refractivity contribution in [1.82, 2.24) is 0 Å². The van der Waals surface area contributed by atoms with Crippen molar-refractivity contribution in [2.75, 3.05) is 0 Å². The van der Waals surface area contributed by atoms with E-state index >= 15 is 0 Å². The molecule has 0 saturated carbocycles. The van der Waals surface area contributed by atoms with Crippen molar-refractivity contribution in [3.8, 4) is 0 Å². The van der Waals surface area contributed by atoms with Gasteiger partial charge in [-0.1, -0.05) is 59.3 Å². The average Bonchev–Trinajstić information content (AvgIpc) is 3.00. The van der Waals surface area contributed by atoms with E-state index in [0.717, 1.165) is 56.1 Å². The van der Waals surface area contributed by atoms with Gasteiger partial charge in [0.05, 0.1) is 0 Å². The zero-order valence-electron chi connectivity index (χ0n) is 30.7. The van der Waals surface area contributed by atoms with Crippen molar-refractivity contribution < 1.29 is 36.8 Å². The van der Waals surface area contributed by atoms with Gasteiger partial charge >= 0.3 is 235 Å². The summed E-state index contributed by atoms with van der Waals surface area (Å²) in [4.78, 5) is 0.156. The van der Waals surface area contributed by atoms with E-state index < -0.39 is 28.7 Å². The number of benzene rings is 1. The molecular weight excluding hydrogens is 628 g/mol. The van der Waals surface area contributed by atoms with Gasteiger partial charge in [-0.25, -0.2) is 0 Å². The first-order chi connectivity index (χ1) is 22.2. The van der Waals surface area contributed by atoms with Crippen LogP contribution in [0.3, 0.4) is 0 Å². The van der Waals surface area contributed by atoms with Gasteiger partial charge in [-0.15, -0.1) is 0 Å². The number of unbranched alkanes of at least 4 members (excludes halogenated alkanes) is 21. The van der Waals surface area contributed by atoms with Crippen molar-refractivity contribution in [1.29, 1.82) is 0 Å². The molecule has 0 fully saturated rings. The third-order valence-electron chi connectivity index (χ3n) is 9.57. The summed E-state index contributed by atoms with van der Waals surface area (Å²) in [6, 6.07) is 1.82. The predicted octanol–water partition coefficient (Wildman–Crippen LogP) is 12.4. The number of rotatable bonds is 31. The fourth-order valence-corrected chi connectivity index (χ4v) is 9.25. The Bertz CT molecular complexity index is 1040. The summed E-state index contributed by atoms with van der Waals surface area (Å²) in [6.45, 7) is 11.0. The zero-order chi connectivity index (χ0) is 34.0. The Morgan fingerprint density at radius 2 is 0.891 bits per heavy atom. The van der Waals surface area contributed by atoms with E-state index in [-0.39, 0.29) is 10.8 Å². The molecule has 7 heteroatoms. The van der Waals surface area contributed by atoms with Crippen molar-refractivity contribution in [3.05, 3.63) is 28.3 Å². The van der Waals surface area contributed by atoms with E-state index in [4.69, 9.17) is 2.76 Å². The minimum atomic E-state index is -4.32. The van der Waals surface area contributed by atoms with Crippen LogP contribution in [0.25, 0.3) is 0 Å². The summed E-state index contributed by atoms with van der Waals surface area (Å²) in [5.41, 5.74) is 4.49. The zero-order valence-corrected chi connectivity index (χ0v) is 33.1. The Hall–Kier alpha value is -0.396. The van der Waals surface area contributed by atoms with Crippen LogP contribution in [0.15, 0.2) is 11.0 Å². The molecule has 0 amide bonds. The fourth-order valence-electron chi connectivity index (χ4n) is 6.88. The summed E-state index contributed by atoms with van der Waals surface area (Å²) in [7, 11) is -4.32. The normalized spacial score (nSPS) is 12.0. The van der Waals surface area contributed by atoms with Crippen LogP contribution >= 0.6 is 0 Å². The minimum absolute atomic E-state index is 0.156. The molecule has 0 unspecified atom stereocenters. The fraction of sp³-hybridized carbons (Fsp3) is 0.846. The van der Waals surface area contributed by atoms with Crippen LogP contribution in [0.1, 0.15) is 217 Å². The molecule has 1 aromatic rings. The molecule has 1 aromatic carbocycles. The van der Waals surface area contributed by atoms with Crippen LogP contribution in [0.2, 0.25) is 0 Å². The smallest absolute Gasteiger partial charge is 0.0654 e. The molecule has 0 bridgehead atoms. The van der Waals surface area contributed by atoms with Crippen LogP contribution < -0.4 is 0 Å². The topological polar surface area (TPSA) is 80.7 Å². The molecule has 0 spiro atoms. The molecule has 1 N–H and O–H groups in total. The molecule has 0 aromatic heterocycles. The van der Waals surface area contributed by atoms with Crippen molar-refractivity contribution in [2.45, 2.75) is 219 Å². The summed E-state index contributed by atoms with van der Waals surface area (Å²) in [5, 5.41) is 0. The van der Waals surface area contributed by atoms with Gasteiger partial charge in [0, 0.05) is 0 Å². The average molecular weight is 701 g/mol. The Morgan fingerprint density at radius 3 is 1.24 bits per heavy atom. The molecule has 0 heterocycles. The summed E-state index contributed by atoms with van der Waals surface area (Å²) in [6.07, 6.45) is 32.0. The Kier molecular flexibility index (Phi) is 26.0. The van der Waals surface area contributed by atoms with Crippen LogP contribution in [-0.4, -0.2) is 12.1 Å². The van der Waals surface area contributed by atoms with E-state index in [0.29, 0.717) is 6.42 Å². The molecule has 0 atom stereocenters. The van der Waals surface area contributed by atoms with Gasteiger partial charge in [-0.3, -0.25) is 0 Å². The first kappa shape index (κ1) is 43.6. The first-order valence-corrected chi connectivity index (χ1v) is 22.9. The number of hydrogen-bond acceptors (Lipinski definition) is 4. The van der Waals surface area contributed by atoms with E-state index in [2.05, 4.69) is 34.6 Å². The molecule has 0 radical (unpaired) electrons. The summed E-state index contributed by atoms with van der Waals surface area (Å²) < 4.78 is 53.2. The molecule has 0 saturated heterocycles. The SMILES string of the molecule is CCCCCCCCCCc1c(C(C)C)cc(S(=O)(=O)[O][Ti](=[O])[OH])c(CCCCCCCCCC)c1CCCCCCCCCC. The molecule has 5 nitrogen and oxygen atoms in total. The molecule has 0 aliphatic carbocycles. The second-order valence-corrected chi connectivity index (χ2v) is 17.2. The Morgan fingerprint density at radius 1 is 0.565 bits per heavy atom. The Labute approximate surface area is 292 Å². The quantitative estimate of drug-likeness (QED) is 0.0616. The van der Waals surface area contributed by atoms with Crippen LogP contribution in [0.4, 0.5) is 0 Å². The van der Waals surface area contributed by atoms with Gasteiger partial charge in [0.25, 0.3) is 0 Å². The summed E-state index contributed by atoms with van der Waals surface area (Å²) >= 11 is -4.31. The predicted molar refractivity (Wildman–Crippen MR) is 191 cm³/mol. The van der Waals surface area contributed by atoms with Crippen LogP contribution in [0, 0.1) is 0 Å². The van der Waals surface area contributed by atoms with Crippen LogP contribution in [0.5, 0.6) is 0 Å². The maximum atomic E-state index is 13.5. The molecule has 0 aliphatic rings. The standard InChI is InChI=1S/C39H72O3S.H2O.O.Ti/c1-6-9-12-15-18-21-24-27-30-35-36(31-28-25-22-19-16-13-10-7-2)38(34(4)5)33-39(43(40,41)42)37(35)32-29-26-23-20-17-14-11-8-3;;;/h33-34H,6-32H2,1-5H3,(H,40,41,42);1H2;;/q;;;+2/p-2. The van der Waals surface area contributed by atoms with Gasteiger partial charge in [0.15, 0.2) is 0 Å². The van der Waals surface area contributed by atoms with Gasteiger partial charge < -0.3 is 0 Å². The molecule has 268 valence electrons. The van der Waals surface area contributed by atoms with Gasteiger partial charge in [0.2, 0.25) is 0 Å². The van der Waals surface area contributed by atoms with E-state index in [1.807, 2.05) is 6.07 Å². The van der Waals surface area contributed by atoms with E-state index in [9.17, 15) is 15.4 Å². The van der Waals surface area contributed by atoms with Gasteiger partial charge in [-0.2, -0.15) is 0 Å². The van der Waals surface area contributed by atoms with Crippen molar-refractivity contribution in [3.63, 3.8) is 0 Å². The van der Waals surface area contributed by atoms with E-state index in [1.54, 1.807) is 0 Å².